The zero-order chi connectivity index (χ0) is 19.4. The smallest absolute Gasteiger partial charge is 0.330 e. The lowest BCUT2D eigenvalue weighted by atomic mass is 10.2. The zero-order valence-corrected chi connectivity index (χ0v) is 15.4. The van der Waals surface area contributed by atoms with Crippen LogP contribution in [0.15, 0.2) is 35.7 Å². The molecule has 1 amide bonds. The molecule has 140 valence electrons. The third-order valence-corrected chi connectivity index (χ3v) is 4.45. The van der Waals surface area contributed by atoms with E-state index in [2.05, 4.69) is 20.7 Å². The Morgan fingerprint density at radius 3 is 2.89 bits per heavy atom. The van der Waals surface area contributed by atoms with Gasteiger partial charge in [-0.25, -0.2) is 9.18 Å². The van der Waals surface area contributed by atoms with Crippen LogP contribution in [0, 0.1) is 12.7 Å². The van der Waals surface area contributed by atoms with Gasteiger partial charge in [0.25, 0.3) is 5.91 Å². The molecular weight excluding hydrogens is 373 g/mol. The summed E-state index contributed by atoms with van der Waals surface area (Å²) in [5.74, 6) is -1.29. The van der Waals surface area contributed by atoms with Crippen molar-refractivity contribution in [1.29, 1.82) is 0 Å². The highest BCUT2D eigenvalue weighted by molar-refractivity contribution is 7.13. The second kappa shape index (κ2) is 8.04. The van der Waals surface area contributed by atoms with Gasteiger partial charge < -0.3 is 10.1 Å². The molecule has 2 aromatic heterocycles. The fourth-order valence-corrected chi connectivity index (χ4v) is 2.78. The first-order valence-electron chi connectivity index (χ1n) is 8.00. The predicted octanol–water partition coefficient (Wildman–Crippen LogP) is 2.42. The molecule has 0 unspecified atom stereocenters. The van der Waals surface area contributed by atoms with Gasteiger partial charge in [-0.3, -0.25) is 4.79 Å². The maximum atomic E-state index is 13.5. The SMILES string of the molecule is Cc1ccc(NC(=O)[C@H](C)OC(=O)Cn2nnc(-c3cccs3)n2)cc1F. The minimum Gasteiger partial charge on any atom is -0.451 e. The largest absolute Gasteiger partial charge is 0.451 e. The van der Waals surface area contributed by atoms with Crippen LogP contribution < -0.4 is 5.32 Å². The third-order valence-electron chi connectivity index (χ3n) is 3.58. The Morgan fingerprint density at radius 2 is 2.19 bits per heavy atom. The number of rotatable bonds is 6. The highest BCUT2D eigenvalue weighted by atomic mass is 32.1. The van der Waals surface area contributed by atoms with E-state index in [1.807, 2.05) is 17.5 Å². The molecule has 0 radical (unpaired) electrons. The number of amides is 1. The molecule has 3 aromatic rings. The molecule has 8 nitrogen and oxygen atoms in total. The first-order valence-corrected chi connectivity index (χ1v) is 8.88. The quantitative estimate of drug-likeness (QED) is 0.650. The molecule has 0 saturated carbocycles. The molecule has 1 aromatic carbocycles. The fraction of sp³-hybridized carbons (Fsp3) is 0.235. The maximum Gasteiger partial charge on any atom is 0.330 e. The van der Waals surface area contributed by atoms with Crippen molar-refractivity contribution < 1.29 is 18.7 Å². The molecule has 0 aliphatic heterocycles. The van der Waals surface area contributed by atoms with E-state index in [-0.39, 0.29) is 12.2 Å². The van der Waals surface area contributed by atoms with Crippen molar-refractivity contribution in [2.45, 2.75) is 26.5 Å². The first-order chi connectivity index (χ1) is 12.9. The number of ether oxygens (including phenoxy) is 1. The van der Waals surface area contributed by atoms with E-state index in [1.165, 1.54) is 24.3 Å². The van der Waals surface area contributed by atoms with Crippen LogP contribution in [0.5, 0.6) is 0 Å². The van der Waals surface area contributed by atoms with Crippen LogP contribution in [0.1, 0.15) is 12.5 Å². The molecular formula is C17H16FN5O3S. The van der Waals surface area contributed by atoms with Crippen molar-refractivity contribution in [3.05, 3.63) is 47.1 Å². The van der Waals surface area contributed by atoms with Crippen LogP contribution in [0.2, 0.25) is 0 Å². The van der Waals surface area contributed by atoms with E-state index in [1.54, 1.807) is 19.1 Å². The van der Waals surface area contributed by atoms with Crippen molar-refractivity contribution in [1.82, 2.24) is 20.2 Å². The monoisotopic (exact) mass is 389 g/mol. The predicted molar refractivity (Wildman–Crippen MR) is 96.5 cm³/mol. The summed E-state index contributed by atoms with van der Waals surface area (Å²) in [5.41, 5.74) is 0.749. The van der Waals surface area contributed by atoms with Crippen LogP contribution in [-0.4, -0.2) is 38.2 Å². The lowest BCUT2D eigenvalue weighted by Crippen LogP contribution is -2.31. The van der Waals surface area contributed by atoms with Crippen LogP contribution in [0.25, 0.3) is 10.7 Å². The second-order valence-corrected chi connectivity index (χ2v) is 6.65. The number of hydrogen-bond acceptors (Lipinski definition) is 7. The van der Waals surface area contributed by atoms with Gasteiger partial charge in [0, 0.05) is 5.69 Å². The Balaban J connectivity index is 1.53. The number of aromatic nitrogens is 4. The molecule has 0 bridgehead atoms. The Labute approximate surface area is 158 Å². The zero-order valence-electron chi connectivity index (χ0n) is 14.5. The minimum atomic E-state index is -1.07. The normalized spacial score (nSPS) is 11.8. The van der Waals surface area contributed by atoms with Gasteiger partial charge in [0.1, 0.15) is 5.82 Å². The van der Waals surface area contributed by atoms with Gasteiger partial charge in [0.15, 0.2) is 12.6 Å². The summed E-state index contributed by atoms with van der Waals surface area (Å²) in [5, 5.41) is 16.1. The molecule has 27 heavy (non-hydrogen) atoms. The Hall–Kier alpha value is -3.14. The summed E-state index contributed by atoms with van der Waals surface area (Å²) in [6, 6.07) is 8.01. The van der Waals surface area contributed by atoms with Crippen molar-refractivity contribution in [3.63, 3.8) is 0 Å². The molecule has 3 rings (SSSR count). The molecule has 0 aliphatic rings. The van der Waals surface area contributed by atoms with E-state index in [0.29, 0.717) is 11.4 Å². The number of aryl methyl sites for hydroxylation is 1. The number of carbonyl (C=O) groups excluding carboxylic acids is 2. The summed E-state index contributed by atoms with van der Waals surface area (Å²) < 4.78 is 18.6. The number of halogens is 1. The number of esters is 1. The van der Waals surface area contributed by atoms with Gasteiger partial charge in [0.2, 0.25) is 5.82 Å². The number of nitrogens with one attached hydrogen (secondary N) is 1. The van der Waals surface area contributed by atoms with Crippen molar-refractivity contribution in [3.8, 4) is 10.7 Å². The van der Waals surface area contributed by atoms with Crippen molar-refractivity contribution in [2.75, 3.05) is 5.32 Å². The van der Waals surface area contributed by atoms with Gasteiger partial charge in [-0.1, -0.05) is 12.1 Å². The Kier molecular flexibility index (Phi) is 5.55. The number of tetrazole rings is 1. The van der Waals surface area contributed by atoms with Crippen LogP contribution in [0.3, 0.4) is 0 Å². The molecule has 0 saturated heterocycles. The summed E-state index contributed by atoms with van der Waals surface area (Å²) in [6.07, 6.45) is -1.07. The number of benzene rings is 1. The van der Waals surface area contributed by atoms with E-state index in [0.717, 1.165) is 9.67 Å². The molecule has 2 heterocycles. The molecule has 10 heteroatoms. The van der Waals surface area contributed by atoms with E-state index < -0.39 is 23.8 Å². The topological polar surface area (TPSA) is 99.0 Å². The van der Waals surface area contributed by atoms with E-state index >= 15 is 0 Å². The number of carbonyl (C=O) groups is 2. The van der Waals surface area contributed by atoms with Crippen molar-refractivity contribution >= 4 is 28.9 Å². The average molecular weight is 389 g/mol. The third kappa shape index (κ3) is 4.73. The minimum absolute atomic E-state index is 0.282. The van der Waals surface area contributed by atoms with Gasteiger partial charge in [-0.15, -0.1) is 21.5 Å². The van der Waals surface area contributed by atoms with Gasteiger partial charge >= 0.3 is 5.97 Å². The number of thiophene rings is 1. The fourth-order valence-electron chi connectivity index (χ4n) is 2.13. The molecule has 0 aliphatic carbocycles. The number of nitrogens with zero attached hydrogens (tertiary/aromatic N) is 4. The standard InChI is InChI=1S/C17H16FN5O3S/c1-10-5-6-12(8-13(10)18)19-17(25)11(2)26-15(24)9-23-21-16(20-22-23)14-4-3-7-27-14/h3-8,11H,9H2,1-2H3,(H,19,25)/t11-/m0/s1. The lowest BCUT2D eigenvalue weighted by Gasteiger charge is -2.13. The molecule has 1 N–H and O–H groups in total. The van der Waals surface area contributed by atoms with Crippen LogP contribution in [-0.2, 0) is 20.9 Å². The Bertz CT molecular complexity index is 957. The summed E-state index contributed by atoms with van der Waals surface area (Å²) in [7, 11) is 0. The lowest BCUT2D eigenvalue weighted by molar-refractivity contribution is -0.154. The molecule has 0 fully saturated rings. The molecule has 1 atom stereocenters. The first kappa shape index (κ1) is 18.6. The summed E-state index contributed by atoms with van der Waals surface area (Å²) in [4.78, 5) is 26.0. The highest BCUT2D eigenvalue weighted by Crippen LogP contribution is 2.19. The maximum absolute atomic E-state index is 13.5. The summed E-state index contributed by atoms with van der Waals surface area (Å²) in [6.45, 7) is 2.76. The van der Waals surface area contributed by atoms with Gasteiger partial charge in [-0.05, 0) is 48.2 Å². The van der Waals surface area contributed by atoms with Gasteiger partial charge in [-0.2, -0.15) is 4.80 Å². The van der Waals surface area contributed by atoms with Crippen LogP contribution in [0.4, 0.5) is 10.1 Å². The molecule has 0 spiro atoms. The van der Waals surface area contributed by atoms with Gasteiger partial charge in [0.05, 0.1) is 4.88 Å². The Morgan fingerprint density at radius 1 is 1.37 bits per heavy atom. The van der Waals surface area contributed by atoms with Crippen LogP contribution >= 0.6 is 11.3 Å². The average Bonchev–Trinajstić information content (AvgIpc) is 3.29. The summed E-state index contributed by atoms with van der Waals surface area (Å²) >= 11 is 1.45. The second-order valence-electron chi connectivity index (χ2n) is 5.71. The van der Waals surface area contributed by atoms with Crippen molar-refractivity contribution in [2.24, 2.45) is 0 Å². The highest BCUT2D eigenvalue weighted by Gasteiger charge is 2.19. The van der Waals surface area contributed by atoms with E-state index in [4.69, 9.17) is 4.74 Å². The van der Waals surface area contributed by atoms with E-state index in [9.17, 15) is 14.0 Å². The number of hydrogen-bond donors (Lipinski definition) is 1. The number of anilines is 1.